The number of carbonyl (C=O) groups is 1. The molecule has 2 aromatic rings. The molecule has 0 bridgehead atoms. The summed E-state index contributed by atoms with van der Waals surface area (Å²) in [5, 5.41) is 9.35. The van der Waals surface area contributed by atoms with Gasteiger partial charge in [-0.25, -0.2) is 4.79 Å². The SMILES string of the molecule is O=C(OCC1c2ccccc2-c2ccccc21)N(CC(O)C(F)(F)F)C1CC1. The van der Waals surface area contributed by atoms with Crippen LogP contribution in [0.5, 0.6) is 0 Å². The maximum Gasteiger partial charge on any atom is 0.416 e. The summed E-state index contributed by atoms with van der Waals surface area (Å²) in [6, 6.07) is 15.4. The summed E-state index contributed by atoms with van der Waals surface area (Å²) in [4.78, 5) is 13.5. The van der Waals surface area contributed by atoms with E-state index in [1.54, 1.807) is 0 Å². The Morgan fingerprint density at radius 3 is 2.11 bits per heavy atom. The number of aliphatic hydroxyl groups is 1. The zero-order chi connectivity index (χ0) is 19.9. The summed E-state index contributed by atoms with van der Waals surface area (Å²) < 4.78 is 43.5. The van der Waals surface area contributed by atoms with Crippen molar-refractivity contribution >= 4 is 6.09 Å². The average Bonchev–Trinajstić information content (AvgIpc) is 3.46. The van der Waals surface area contributed by atoms with Crippen LogP contribution in [0.25, 0.3) is 11.1 Å². The van der Waals surface area contributed by atoms with E-state index in [9.17, 15) is 23.1 Å². The van der Waals surface area contributed by atoms with Crippen molar-refractivity contribution in [3.63, 3.8) is 0 Å². The molecule has 1 fully saturated rings. The van der Waals surface area contributed by atoms with Crippen LogP contribution in [0.4, 0.5) is 18.0 Å². The standard InChI is InChI=1S/C21H20F3NO3/c22-21(23,24)19(26)11-25(13-9-10-13)20(27)28-12-18-16-7-3-1-5-14(16)15-6-2-4-8-17(15)18/h1-8,13,18-19,26H,9-12H2. The molecule has 1 amide bonds. The van der Waals surface area contributed by atoms with Crippen LogP contribution < -0.4 is 0 Å². The first-order valence-electron chi connectivity index (χ1n) is 9.22. The van der Waals surface area contributed by atoms with Gasteiger partial charge in [-0.2, -0.15) is 13.2 Å². The number of carbonyl (C=O) groups excluding carboxylic acids is 1. The molecule has 0 aromatic heterocycles. The van der Waals surface area contributed by atoms with Gasteiger partial charge in [0, 0.05) is 12.0 Å². The van der Waals surface area contributed by atoms with E-state index in [4.69, 9.17) is 4.74 Å². The third-order valence-corrected chi connectivity index (χ3v) is 5.31. The second-order valence-electron chi connectivity index (χ2n) is 7.24. The van der Waals surface area contributed by atoms with Gasteiger partial charge in [-0.3, -0.25) is 0 Å². The Morgan fingerprint density at radius 1 is 1.07 bits per heavy atom. The van der Waals surface area contributed by atoms with Crippen LogP contribution in [0.2, 0.25) is 0 Å². The number of benzene rings is 2. The normalized spacial score (nSPS) is 17.0. The molecule has 0 heterocycles. The predicted octanol–water partition coefficient (Wildman–Crippen LogP) is 4.32. The van der Waals surface area contributed by atoms with Gasteiger partial charge >= 0.3 is 12.3 Å². The molecule has 1 unspecified atom stereocenters. The molecule has 2 aromatic carbocycles. The summed E-state index contributed by atoms with van der Waals surface area (Å²) in [6.45, 7) is -0.761. The van der Waals surface area contributed by atoms with Gasteiger partial charge in [0.2, 0.25) is 0 Å². The number of rotatable bonds is 5. The van der Waals surface area contributed by atoms with Crippen LogP contribution in [-0.2, 0) is 4.74 Å². The van der Waals surface area contributed by atoms with E-state index in [2.05, 4.69) is 0 Å². The molecule has 1 saturated carbocycles. The van der Waals surface area contributed by atoms with Crippen molar-refractivity contribution in [2.24, 2.45) is 0 Å². The molecule has 7 heteroatoms. The Kier molecular flexibility index (Phi) is 4.79. The Bertz CT molecular complexity index is 834. The fourth-order valence-electron chi connectivity index (χ4n) is 3.73. The van der Waals surface area contributed by atoms with Crippen molar-refractivity contribution < 1.29 is 27.8 Å². The first-order chi connectivity index (χ1) is 13.4. The monoisotopic (exact) mass is 391 g/mol. The maximum absolute atomic E-state index is 12.7. The second kappa shape index (κ2) is 7.13. The molecule has 0 spiro atoms. The smallest absolute Gasteiger partial charge is 0.416 e. The van der Waals surface area contributed by atoms with E-state index in [1.807, 2.05) is 48.5 Å². The van der Waals surface area contributed by atoms with Gasteiger partial charge in [-0.1, -0.05) is 48.5 Å². The molecule has 2 aliphatic rings. The molecule has 0 aliphatic heterocycles. The van der Waals surface area contributed by atoms with Crippen LogP contribution >= 0.6 is 0 Å². The molecule has 1 atom stereocenters. The predicted molar refractivity (Wildman–Crippen MR) is 96.9 cm³/mol. The zero-order valence-electron chi connectivity index (χ0n) is 15.0. The maximum atomic E-state index is 12.7. The number of nitrogens with zero attached hydrogens (tertiary/aromatic N) is 1. The minimum absolute atomic E-state index is 0.0399. The van der Waals surface area contributed by atoms with Gasteiger partial charge in [0.1, 0.15) is 6.61 Å². The zero-order valence-corrected chi connectivity index (χ0v) is 15.0. The Morgan fingerprint density at radius 2 is 1.61 bits per heavy atom. The number of alkyl halides is 3. The molecular weight excluding hydrogens is 371 g/mol. The summed E-state index contributed by atoms with van der Waals surface area (Å²) in [5.41, 5.74) is 4.21. The second-order valence-corrected chi connectivity index (χ2v) is 7.24. The molecule has 1 N–H and O–H groups in total. The van der Waals surface area contributed by atoms with Crippen LogP contribution in [0.15, 0.2) is 48.5 Å². The number of hydrogen-bond acceptors (Lipinski definition) is 3. The highest BCUT2D eigenvalue weighted by Gasteiger charge is 2.44. The van der Waals surface area contributed by atoms with Gasteiger partial charge in [0.05, 0.1) is 6.54 Å². The van der Waals surface area contributed by atoms with Crippen molar-refractivity contribution in [1.29, 1.82) is 0 Å². The topological polar surface area (TPSA) is 49.8 Å². The highest BCUT2D eigenvalue weighted by Crippen LogP contribution is 2.44. The van der Waals surface area contributed by atoms with E-state index in [-0.39, 0.29) is 18.6 Å². The lowest BCUT2D eigenvalue weighted by Crippen LogP contribution is -2.45. The molecule has 4 rings (SSSR count). The highest BCUT2D eigenvalue weighted by molar-refractivity contribution is 5.79. The van der Waals surface area contributed by atoms with Crippen LogP contribution in [0, 0.1) is 0 Å². The van der Waals surface area contributed by atoms with E-state index in [0.717, 1.165) is 27.2 Å². The van der Waals surface area contributed by atoms with Gasteiger partial charge in [-0.05, 0) is 35.1 Å². The molecule has 28 heavy (non-hydrogen) atoms. The Hall–Kier alpha value is -2.54. The van der Waals surface area contributed by atoms with Crippen molar-refractivity contribution in [3.8, 4) is 11.1 Å². The highest BCUT2D eigenvalue weighted by atomic mass is 19.4. The van der Waals surface area contributed by atoms with Crippen molar-refractivity contribution in [2.75, 3.05) is 13.2 Å². The molecule has 4 nitrogen and oxygen atoms in total. The minimum Gasteiger partial charge on any atom is -0.448 e. The first-order valence-corrected chi connectivity index (χ1v) is 9.22. The number of fused-ring (bicyclic) bond motifs is 3. The van der Waals surface area contributed by atoms with Crippen LogP contribution in [0.1, 0.15) is 29.9 Å². The average molecular weight is 391 g/mol. The Balaban J connectivity index is 1.48. The number of amides is 1. The number of hydrogen-bond donors (Lipinski definition) is 1. The van der Waals surface area contributed by atoms with Crippen molar-refractivity contribution in [3.05, 3.63) is 59.7 Å². The van der Waals surface area contributed by atoms with E-state index < -0.39 is 24.9 Å². The lowest BCUT2D eigenvalue weighted by Gasteiger charge is -2.26. The number of ether oxygens (including phenoxy) is 1. The number of halogens is 3. The largest absolute Gasteiger partial charge is 0.448 e. The summed E-state index contributed by atoms with van der Waals surface area (Å²) in [7, 11) is 0. The van der Waals surface area contributed by atoms with E-state index in [1.165, 1.54) is 0 Å². The summed E-state index contributed by atoms with van der Waals surface area (Å²) in [5.74, 6) is -0.162. The van der Waals surface area contributed by atoms with Crippen molar-refractivity contribution in [1.82, 2.24) is 4.90 Å². The Labute approximate surface area is 160 Å². The van der Waals surface area contributed by atoms with E-state index in [0.29, 0.717) is 12.8 Å². The molecule has 148 valence electrons. The lowest BCUT2D eigenvalue weighted by atomic mass is 9.98. The fourth-order valence-corrected chi connectivity index (χ4v) is 3.73. The molecule has 0 saturated heterocycles. The van der Waals surface area contributed by atoms with E-state index >= 15 is 0 Å². The fraction of sp³-hybridized carbons (Fsp3) is 0.381. The minimum atomic E-state index is -4.77. The van der Waals surface area contributed by atoms with Crippen molar-refractivity contribution in [2.45, 2.75) is 37.1 Å². The van der Waals surface area contributed by atoms with Crippen LogP contribution in [0.3, 0.4) is 0 Å². The van der Waals surface area contributed by atoms with Gasteiger partial charge in [-0.15, -0.1) is 0 Å². The van der Waals surface area contributed by atoms with Crippen LogP contribution in [-0.4, -0.2) is 47.6 Å². The molecular formula is C21H20F3NO3. The van der Waals surface area contributed by atoms with Gasteiger partial charge < -0.3 is 14.7 Å². The molecule has 2 aliphatic carbocycles. The first kappa shape index (κ1) is 18.8. The van der Waals surface area contributed by atoms with Gasteiger partial charge in [0.25, 0.3) is 0 Å². The summed E-state index contributed by atoms with van der Waals surface area (Å²) >= 11 is 0. The quantitative estimate of drug-likeness (QED) is 0.826. The summed E-state index contributed by atoms with van der Waals surface area (Å²) in [6.07, 6.45) is -6.92. The van der Waals surface area contributed by atoms with Gasteiger partial charge in [0.15, 0.2) is 6.10 Å². The number of aliphatic hydroxyl groups excluding tert-OH is 1. The lowest BCUT2D eigenvalue weighted by molar-refractivity contribution is -0.207. The third-order valence-electron chi connectivity index (χ3n) is 5.31. The third kappa shape index (κ3) is 3.58. The molecule has 0 radical (unpaired) electrons.